The Kier molecular flexibility index (Phi) is 5.81. The van der Waals surface area contributed by atoms with Gasteiger partial charge in [0.05, 0.1) is 0 Å². The van der Waals surface area contributed by atoms with E-state index in [9.17, 15) is 4.79 Å². The van der Waals surface area contributed by atoms with Crippen LogP contribution in [0.1, 0.15) is 31.2 Å². The molecule has 3 N–H and O–H groups in total. The SMILES string of the molecule is Cl.NC1CCCC(C(=O)NCc2ccc3ccccc3c2)C1. The standard InChI is InChI=1S/C18H22N2O.ClH/c19-17-7-3-6-16(11-17)18(21)20-12-13-8-9-14-4-1-2-5-15(14)10-13;/h1-2,4-5,8-10,16-17H,3,6-7,11-12,19H2,(H,20,21);1H. The van der Waals surface area contributed by atoms with Crippen LogP contribution in [0.2, 0.25) is 0 Å². The summed E-state index contributed by atoms with van der Waals surface area (Å²) in [6.45, 7) is 0.593. The molecule has 0 aliphatic heterocycles. The third-order valence-electron chi connectivity index (χ3n) is 4.37. The Morgan fingerprint density at radius 2 is 1.91 bits per heavy atom. The molecule has 0 bridgehead atoms. The largest absolute Gasteiger partial charge is 0.352 e. The molecule has 0 aromatic heterocycles. The van der Waals surface area contributed by atoms with Gasteiger partial charge in [-0.1, -0.05) is 42.8 Å². The van der Waals surface area contributed by atoms with Gasteiger partial charge in [-0.3, -0.25) is 4.79 Å². The minimum absolute atomic E-state index is 0. The number of carbonyl (C=O) groups is 1. The second-order valence-corrected chi connectivity index (χ2v) is 6.02. The summed E-state index contributed by atoms with van der Waals surface area (Å²) in [5.74, 6) is 0.243. The lowest BCUT2D eigenvalue weighted by atomic mass is 9.85. The normalized spacial score (nSPS) is 21.1. The minimum Gasteiger partial charge on any atom is -0.352 e. The highest BCUT2D eigenvalue weighted by molar-refractivity contribution is 5.85. The summed E-state index contributed by atoms with van der Waals surface area (Å²) in [6.07, 6.45) is 3.91. The number of benzene rings is 2. The summed E-state index contributed by atoms with van der Waals surface area (Å²) in [7, 11) is 0. The molecule has 1 amide bonds. The van der Waals surface area contributed by atoms with Crippen LogP contribution in [-0.4, -0.2) is 11.9 Å². The maximum Gasteiger partial charge on any atom is 0.223 e. The lowest BCUT2D eigenvalue weighted by Crippen LogP contribution is -2.37. The highest BCUT2D eigenvalue weighted by Crippen LogP contribution is 2.23. The number of rotatable bonds is 3. The van der Waals surface area contributed by atoms with E-state index in [1.807, 2.05) is 12.1 Å². The summed E-state index contributed by atoms with van der Waals surface area (Å²) in [5.41, 5.74) is 7.09. The number of amides is 1. The molecule has 0 saturated heterocycles. The molecule has 2 aromatic rings. The molecule has 0 heterocycles. The van der Waals surface area contributed by atoms with E-state index in [0.29, 0.717) is 6.54 Å². The van der Waals surface area contributed by atoms with Gasteiger partial charge in [0.25, 0.3) is 0 Å². The Morgan fingerprint density at radius 3 is 2.68 bits per heavy atom. The van der Waals surface area contributed by atoms with Crippen LogP contribution in [0.4, 0.5) is 0 Å². The van der Waals surface area contributed by atoms with Gasteiger partial charge in [-0.15, -0.1) is 12.4 Å². The van der Waals surface area contributed by atoms with Crippen LogP contribution >= 0.6 is 12.4 Å². The Morgan fingerprint density at radius 1 is 1.14 bits per heavy atom. The molecule has 4 heteroatoms. The second kappa shape index (κ2) is 7.61. The van der Waals surface area contributed by atoms with Gasteiger partial charge in [-0.05, 0) is 41.7 Å². The summed E-state index contributed by atoms with van der Waals surface area (Å²) >= 11 is 0. The van der Waals surface area contributed by atoms with Crippen LogP contribution < -0.4 is 11.1 Å². The highest BCUT2D eigenvalue weighted by Gasteiger charge is 2.24. The molecule has 22 heavy (non-hydrogen) atoms. The monoisotopic (exact) mass is 318 g/mol. The molecule has 3 rings (SSSR count). The number of nitrogens with one attached hydrogen (secondary N) is 1. The van der Waals surface area contributed by atoms with Gasteiger partial charge in [0.2, 0.25) is 5.91 Å². The zero-order valence-corrected chi connectivity index (χ0v) is 13.4. The van der Waals surface area contributed by atoms with E-state index in [4.69, 9.17) is 5.73 Å². The predicted molar refractivity (Wildman–Crippen MR) is 93.0 cm³/mol. The Bertz CT molecular complexity index is 644. The minimum atomic E-state index is 0. The van der Waals surface area contributed by atoms with Crippen molar-refractivity contribution in [3.63, 3.8) is 0 Å². The van der Waals surface area contributed by atoms with Crippen LogP contribution in [0.15, 0.2) is 42.5 Å². The molecule has 2 aromatic carbocycles. The third kappa shape index (κ3) is 3.99. The molecular weight excluding hydrogens is 296 g/mol. The Balaban J connectivity index is 0.00000176. The molecule has 2 unspecified atom stereocenters. The highest BCUT2D eigenvalue weighted by atomic mass is 35.5. The van der Waals surface area contributed by atoms with E-state index in [1.165, 1.54) is 10.8 Å². The average Bonchev–Trinajstić information content (AvgIpc) is 2.52. The van der Waals surface area contributed by atoms with Gasteiger partial charge in [-0.25, -0.2) is 0 Å². The fourth-order valence-electron chi connectivity index (χ4n) is 3.15. The Hall–Kier alpha value is -1.58. The zero-order valence-electron chi connectivity index (χ0n) is 12.6. The molecular formula is C18H23ClN2O. The molecule has 1 saturated carbocycles. The summed E-state index contributed by atoms with van der Waals surface area (Å²) in [4.78, 5) is 12.2. The first-order valence-corrected chi connectivity index (χ1v) is 7.73. The summed E-state index contributed by atoms with van der Waals surface area (Å²) in [6, 6.07) is 14.8. The van der Waals surface area contributed by atoms with Crippen molar-refractivity contribution >= 4 is 29.1 Å². The molecule has 2 atom stereocenters. The predicted octanol–water partition coefficient (Wildman–Crippen LogP) is 3.40. The van der Waals surface area contributed by atoms with E-state index < -0.39 is 0 Å². The van der Waals surface area contributed by atoms with Gasteiger partial charge in [0, 0.05) is 18.5 Å². The quantitative estimate of drug-likeness (QED) is 0.911. The zero-order chi connectivity index (χ0) is 14.7. The van der Waals surface area contributed by atoms with Crippen LogP contribution in [0.25, 0.3) is 10.8 Å². The lowest BCUT2D eigenvalue weighted by molar-refractivity contribution is -0.126. The summed E-state index contributed by atoms with van der Waals surface area (Å²) in [5, 5.41) is 5.50. The topological polar surface area (TPSA) is 55.1 Å². The lowest BCUT2D eigenvalue weighted by Gasteiger charge is -2.25. The van der Waals surface area contributed by atoms with Crippen molar-refractivity contribution in [2.75, 3.05) is 0 Å². The molecule has 0 radical (unpaired) electrons. The number of nitrogens with two attached hydrogens (primary N) is 1. The van der Waals surface area contributed by atoms with E-state index in [2.05, 4.69) is 35.6 Å². The van der Waals surface area contributed by atoms with E-state index in [-0.39, 0.29) is 30.3 Å². The first kappa shape index (κ1) is 16.8. The van der Waals surface area contributed by atoms with Crippen LogP contribution in [0.5, 0.6) is 0 Å². The fraction of sp³-hybridized carbons (Fsp3) is 0.389. The van der Waals surface area contributed by atoms with Crippen molar-refractivity contribution in [3.8, 4) is 0 Å². The van der Waals surface area contributed by atoms with E-state index >= 15 is 0 Å². The number of carbonyl (C=O) groups excluding carboxylic acids is 1. The molecule has 1 fully saturated rings. The maximum atomic E-state index is 12.2. The van der Waals surface area contributed by atoms with Gasteiger partial charge >= 0.3 is 0 Å². The first-order valence-electron chi connectivity index (χ1n) is 7.73. The van der Waals surface area contributed by atoms with E-state index in [0.717, 1.165) is 31.2 Å². The van der Waals surface area contributed by atoms with Gasteiger partial charge in [-0.2, -0.15) is 0 Å². The van der Waals surface area contributed by atoms with Gasteiger partial charge in [0.1, 0.15) is 0 Å². The Labute approximate surface area is 137 Å². The number of hydrogen-bond donors (Lipinski definition) is 2. The van der Waals surface area contributed by atoms with Crippen molar-refractivity contribution in [1.29, 1.82) is 0 Å². The first-order chi connectivity index (χ1) is 10.2. The number of halogens is 1. The fourth-order valence-corrected chi connectivity index (χ4v) is 3.15. The van der Waals surface area contributed by atoms with Crippen molar-refractivity contribution in [2.45, 2.75) is 38.3 Å². The molecule has 3 nitrogen and oxygen atoms in total. The smallest absolute Gasteiger partial charge is 0.223 e. The van der Waals surface area contributed by atoms with Crippen LogP contribution in [-0.2, 0) is 11.3 Å². The molecule has 1 aliphatic rings. The number of hydrogen-bond acceptors (Lipinski definition) is 2. The molecule has 0 spiro atoms. The van der Waals surface area contributed by atoms with Crippen molar-refractivity contribution < 1.29 is 4.79 Å². The molecule has 118 valence electrons. The van der Waals surface area contributed by atoms with Crippen molar-refractivity contribution in [3.05, 3.63) is 48.0 Å². The van der Waals surface area contributed by atoms with Crippen molar-refractivity contribution in [2.24, 2.45) is 11.7 Å². The third-order valence-corrected chi connectivity index (χ3v) is 4.37. The number of fused-ring (bicyclic) bond motifs is 1. The van der Waals surface area contributed by atoms with Crippen LogP contribution in [0.3, 0.4) is 0 Å². The average molecular weight is 319 g/mol. The van der Waals surface area contributed by atoms with Gasteiger partial charge in [0.15, 0.2) is 0 Å². The second-order valence-electron chi connectivity index (χ2n) is 6.02. The summed E-state index contributed by atoms with van der Waals surface area (Å²) < 4.78 is 0. The molecule has 1 aliphatic carbocycles. The van der Waals surface area contributed by atoms with Crippen molar-refractivity contribution in [1.82, 2.24) is 5.32 Å². The van der Waals surface area contributed by atoms with Gasteiger partial charge < -0.3 is 11.1 Å². The maximum absolute atomic E-state index is 12.2. The van der Waals surface area contributed by atoms with E-state index in [1.54, 1.807) is 0 Å². The van der Waals surface area contributed by atoms with Crippen LogP contribution in [0, 0.1) is 5.92 Å².